The molecule has 7 heteroatoms. The van der Waals surface area contributed by atoms with E-state index in [1.165, 1.54) is 0 Å². The summed E-state index contributed by atoms with van der Waals surface area (Å²) in [5.41, 5.74) is 0. The fourth-order valence-corrected chi connectivity index (χ4v) is 3.43. The zero-order valence-corrected chi connectivity index (χ0v) is 11.8. The Hall–Kier alpha value is -2.18. The van der Waals surface area contributed by atoms with E-state index in [2.05, 4.69) is 15.4 Å². The van der Waals surface area contributed by atoms with E-state index >= 15 is 0 Å². The van der Waals surface area contributed by atoms with Crippen LogP contribution < -0.4 is 5.32 Å². The maximum atomic E-state index is 12.3. The number of rotatable bonds is 5. The van der Waals surface area contributed by atoms with Gasteiger partial charge in [0.25, 0.3) is 0 Å². The number of aryl methyl sites for hydroxylation is 1. The normalized spacial score (nSPS) is 29.8. The van der Waals surface area contributed by atoms with Crippen LogP contribution in [-0.4, -0.2) is 38.3 Å². The van der Waals surface area contributed by atoms with Gasteiger partial charge in [-0.3, -0.25) is 14.3 Å². The molecule has 0 aromatic carbocycles. The minimum absolute atomic E-state index is 0.000654. The first-order valence-electron chi connectivity index (χ1n) is 7.09. The molecule has 2 aliphatic carbocycles. The number of fused-ring (bicyclic) bond motifs is 2. The lowest BCUT2D eigenvalue weighted by atomic mass is 9.82. The monoisotopic (exact) mass is 290 g/mol. The fourth-order valence-electron chi connectivity index (χ4n) is 3.43. The van der Waals surface area contributed by atoms with Gasteiger partial charge in [-0.15, -0.1) is 0 Å². The Balaban J connectivity index is 1.57. The quantitative estimate of drug-likeness (QED) is 0.744. The minimum Gasteiger partial charge on any atom is -0.481 e. The Morgan fingerprint density at radius 1 is 1.38 bits per heavy atom. The van der Waals surface area contributed by atoms with Crippen molar-refractivity contribution in [2.24, 2.45) is 30.7 Å². The van der Waals surface area contributed by atoms with Gasteiger partial charge in [0.2, 0.25) is 5.91 Å². The molecule has 0 saturated heterocycles. The van der Waals surface area contributed by atoms with E-state index in [-0.39, 0.29) is 17.7 Å². The summed E-state index contributed by atoms with van der Waals surface area (Å²) >= 11 is 0. The average molecular weight is 290 g/mol. The van der Waals surface area contributed by atoms with Gasteiger partial charge in [0, 0.05) is 20.0 Å². The van der Waals surface area contributed by atoms with Gasteiger partial charge >= 0.3 is 5.97 Å². The lowest BCUT2D eigenvalue weighted by Gasteiger charge is -2.23. The Morgan fingerprint density at radius 3 is 2.71 bits per heavy atom. The van der Waals surface area contributed by atoms with Crippen LogP contribution in [0.4, 0.5) is 0 Å². The van der Waals surface area contributed by atoms with Crippen molar-refractivity contribution in [2.45, 2.75) is 12.8 Å². The van der Waals surface area contributed by atoms with E-state index in [0.29, 0.717) is 18.8 Å². The van der Waals surface area contributed by atoms with E-state index < -0.39 is 17.8 Å². The summed E-state index contributed by atoms with van der Waals surface area (Å²) in [7, 11) is 1.79. The van der Waals surface area contributed by atoms with E-state index in [1.54, 1.807) is 18.1 Å². The van der Waals surface area contributed by atoms with Crippen LogP contribution in [0.5, 0.6) is 0 Å². The van der Waals surface area contributed by atoms with Crippen molar-refractivity contribution in [1.29, 1.82) is 0 Å². The lowest BCUT2D eigenvalue weighted by Crippen LogP contribution is -2.40. The van der Waals surface area contributed by atoms with Crippen LogP contribution in [0.25, 0.3) is 0 Å². The first kappa shape index (κ1) is 13.8. The molecule has 4 unspecified atom stereocenters. The highest BCUT2D eigenvalue weighted by Crippen LogP contribution is 2.48. The predicted octanol–water partition coefficient (Wildman–Crippen LogP) is -0.00330. The van der Waals surface area contributed by atoms with Crippen molar-refractivity contribution in [1.82, 2.24) is 20.1 Å². The smallest absolute Gasteiger partial charge is 0.307 e. The second-order valence-electron chi connectivity index (χ2n) is 5.71. The summed E-state index contributed by atoms with van der Waals surface area (Å²) in [6, 6.07) is 0. The van der Waals surface area contributed by atoms with E-state index in [1.807, 2.05) is 12.2 Å². The Morgan fingerprint density at radius 2 is 2.10 bits per heavy atom. The second kappa shape index (κ2) is 5.31. The molecule has 0 spiro atoms. The van der Waals surface area contributed by atoms with Crippen molar-refractivity contribution in [3.63, 3.8) is 0 Å². The van der Waals surface area contributed by atoms with Gasteiger partial charge in [-0.2, -0.15) is 5.10 Å². The van der Waals surface area contributed by atoms with Crippen LogP contribution in [0, 0.1) is 23.7 Å². The third kappa shape index (κ3) is 2.55. The van der Waals surface area contributed by atoms with Crippen molar-refractivity contribution in [3.05, 3.63) is 24.3 Å². The molecular weight excluding hydrogens is 272 g/mol. The maximum absolute atomic E-state index is 12.3. The number of carbonyl (C=O) groups excluding carboxylic acids is 1. The number of amides is 1. The Labute approximate surface area is 122 Å². The van der Waals surface area contributed by atoms with Crippen molar-refractivity contribution in [3.8, 4) is 0 Å². The number of carboxylic acids is 1. The molecule has 2 bridgehead atoms. The second-order valence-corrected chi connectivity index (χ2v) is 5.71. The summed E-state index contributed by atoms with van der Waals surface area (Å²) in [5.74, 6) is -1.36. The minimum atomic E-state index is -0.876. The summed E-state index contributed by atoms with van der Waals surface area (Å²) in [5, 5.41) is 16.3. The number of nitrogens with zero attached hydrogens (tertiary/aromatic N) is 3. The standard InChI is InChI=1S/C14H18N4O3/c1-18-7-16-10(17-18)4-5-15-13(19)11-8-2-3-9(6-8)12(11)14(20)21/h2-3,7-9,11-12H,4-6H2,1H3,(H,15,19)(H,20,21). The van der Waals surface area contributed by atoms with Crippen LogP contribution in [-0.2, 0) is 23.1 Å². The molecule has 0 aliphatic heterocycles. The van der Waals surface area contributed by atoms with Crippen molar-refractivity contribution >= 4 is 11.9 Å². The molecular formula is C14H18N4O3. The largest absolute Gasteiger partial charge is 0.481 e. The van der Waals surface area contributed by atoms with Crippen LogP contribution in [0.3, 0.4) is 0 Å². The van der Waals surface area contributed by atoms with Crippen LogP contribution in [0.1, 0.15) is 12.2 Å². The van der Waals surface area contributed by atoms with Crippen LogP contribution in [0.2, 0.25) is 0 Å². The number of carbonyl (C=O) groups is 2. The SMILES string of the molecule is Cn1cnc(CCNC(=O)C2C3C=CC(C3)C2C(=O)O)n1. The molecule has 1 aromatic rings. The molecule has 21 heavy (non-hydrogen) atoms. The number of hydrogen-bond acceptors (Lipinski definition) is 4. The molecule has 4 atom stereocenters. The molecule has 7 nitrogen and oxygen atoms in total. The zero-order valence-electron chi connectivity index (χ0n) is 11.8. The molecule has 1 fully saturated rings. The molecule has 0 radical (unpaired) electrons. The third-order valence-corrected chi connectivity index (χ3v) is 4.34. The summed E-state index contributed by atoms with van der Waals surface area (Å²) in [4.78, 5) is 27.7. The first-order chi connectivity index (χ1) is 10.1. The predicted molar refractivity (Wildman–Crippen MR) is 73.1 cm³/mol. The van der Waals surface area contributed by atoms with E-state index in [0.717, 1.165) is 6.42 Å². The van der Waals surface area contributed by atoms with Crippen molar-refractivity contribution < 1.29 is 14.7 Å². The van der Waals surface area contributed by atoms with Gasteiger partial charge in [0.15, 0.2) is 5.82 Å². The highest BCUT2D eigenvalue weighted by molar-refractivity contribution is 5.86. The number of carboxylic acid groups (broad SMARTS) is 1. The molecule has 1 amide bonds. The fraction of sp³-hybridized carbons (Fsp3) is 0.571. The van der Waals surface area contributed by atoms with E-state index in [9.17, 15) is 14.7 Å². The number of allylic oxidation sites excluding steroid dienone is 2. The average Bonchev–Trinajstić information content (AvgIpc) is 3.13. The van der Waals surface area contributed by atoms with E-state index in [4.69, 9.17) is 0 Å². The highest BCUT2D eigenvalue weighted by atomic mass is 16.4. The topological polar surface area (TPSA) is 97.1 Å². The lowest BCUT2D eigenvalue weighted by molar-refractivity contribution is -0.147. The van der Waals surface area contributed by atoms with Gasteiger partial charge in [0.05, 0.1) is 11.8 Å². The Bertz CT molecular complexity index is 595. The van der Waals surface area contributed by atoms with Crippen LogP contribution >= 0.6 is 0 Å². The zero-order chi connectivity index (χ0) is 15.0. The van der Waals surface area contributed by atoms with Gasteiger partial charge in [-0.25, -0.2) is 4.98 Å². The third-order valence-electron chi connectivity index (χ3n) is 4.34. The van der Waals surface area contributed by atoms with Gasteiger partial charge in [-0.05, 0) is 18.3 Å². The molecule has 3 rings (SSSR count). The summed E-state index contributed by atoms with van der Waals surface area (Å²) < 4.78 is 1.61. The highest BCUT2D eigenvalue weighted by Gasteiger charge is 2.51. The maximum Gasteiger partial charge on any atom is 0.307 e. The van der Waals surface area contributed by atoms with Crippen LogP contribution in [0.15, 0.2) is 18.5 Å². The number of aromatic nitrogens is 3. The molecule has 112 valence electrons. The summed E-state index contributed by atoms with van der Waals surface area (Å²) in [6.07, 6.45) is 6.84. The first-order valence-corrected chi connectivity index (χ1v) is 7.09. The number of nitrogens with one attached hydrogen (secondary N) is 1. The Kier molecular flexibility index (Phi) is 3.48. The number of hydrogen-bond donors (Lipinski definition) is 2. The van der Waals surface area contributed by atoms with Gasteiger partial charge < -0.3 is 10.4 Å². The molecule has 1 saturated carbocycles. The molecule has 1 heterocycles. The van der Waals surface area contributed by atoms with Crippen molar-refractivity contribution in [2.75, 3.05) is 6.54 Å². The molecule has 2 N–H and O–H groups in total. The number of aliphatic carboxylic acids is 1. The van der Waals surface area contributed by atoms with Gasteiger partial charge in [-0.1, -0.05) is 12.2 Å². The summed E-state index contributed by atoms with van der Waals surface area (Å²) in [6.45, 7) is 0.423. The van der Waals surface area contributed by atoms with Gasteiger partial charge in [0.1, 0.15) is 6.33 Å². The molecule has 1 aromatic heterocycles. The molecule has 2 aliphatic rings.